The van der Waals surface area contributed by atoms with Crippen molar-refractivity contribution >= 4 is 27.9 Å². The number of aromatic nitrogens is 5. The van der Waals surface area contributed by atoms with E-state index in [9.17, 15) is 4.79 Å². The average molecular weight is 474 g/mol. The number of ether oxygens (including phenoxy) is 2. The summed E-state index contributed by atoms with van der Waals surface area (Å²) in [5.41, 5.74) is 6.52. The minimum Gasteiger partial charge on any atom is -0.381 e. The molecule has 6 rings (SSSR count). The number of aromatic amines is 1. The largest absolute Gasteiger partial charge is 0.381 e. The maximum Gasteiger partial charge on any atom is 0.334 e. The van der Waals surface area contributed by atoms with Gasteiger partial charge < -0.3 is 14.5 Å². The van der Waals surface area contributed by atoms with E-state index in [4.69, 9.17) is 14.5 Å². The summed E-state index contributed by atoms with van der Waals surface area (Å²) in [4.78, 5) is 26.4. The Morgan fingerprint density at radius 3 is 3.00 bits per heavy atom. The van der Waals surface area contributed by atoms with Crippen LogP contribution in [0.3, 0.4) is 0 Å². The van der Waals surface area contributed by atoms with E-state index in [0.717, 1.165) is 77.5 Å². The van der Waals surface area contributed by atoms with Crippen molar-refractivity contribution in [2.24, 2.45) is 0 Å². The van der Waals surface area contributed by atoms with Gasteiger partial charge in [0, 0.05) is 60.9 Å². The van der Waals surface area contributed by atoms with E-state index in [0.29, 0.717) is 18.8 Å². The number of H-pyrrole nitrogens is 1. The van der Waals surface area contributed by atoms with E-state index < -0.39 is 0 Å². The third-order valence-electron chi connectivity index (χ3n) is 7.53. The number of aryl methyl sites for hydroxylation is 1. The first-order valence-corrected chi connectivity index (χ1v) is 12.5. The van der Waals surface area contributed by atoms with E-state index in [1.54, 1.807) is 7.11 Å². The molecule has 8 nitrogen and oxygen atoms in total. The molecule has 4 aromatic heterocycles. The van der Waals surface area contributed by atoms with Crippen LogP contribution in [-0.2, 0) is 16.0 Å². The second-order valence-electron chi connectivity index (χ2n) is 9.65. The third-order valence-corrected chi connectivity index (χ3v) is 7.53. The van der Waals surface area contributed by atoms with Crippen molar-refractivity contribution in [3.63, 3.8) is 0 Å². The quantitative estimate of drug-likeness (QED) is 0.456. The van der Waals surface area contributed by atoms with Gasteiger partial charge in [0.2, 0.25) is 0 Å². The van der Waals surface area contributed by atoms with Gasteiger partial charge in [0.1, 0.15) is 5.65 Å². The Morgan fingerprint density at radius 2 is 2.17 bits per heavy atom. The Hall–Kier alpha value is -3.23. The van der Waals surface area contributed by atoms with Gasteiger partial charge in [0.05, 0.1) is 24.3 Å². The van der Waals surface area contributed by atoms with Gasteiger partial charge in [-0.25, -0.2) is 19.3 Å². The Labute approximate surface area is 203 Å². The SMILES string of the molecule is CO[C@@H]1CCO[C@H](Cn2c(=O)n(C3=CCCCC3)c3ncc(-c4cnc5[nH]ccc5c4C)cc32)C1. The highest BCUT2D eigenvalue weighted by atomic mass is 16.5. The molecule has 1 N–H and O–H groups in total. The summed E-state index contributed by atoms with van der Waals surface area (Å²) in [7, 11) is 1.74. The Morgan fingerprint density at radius 1 is 1.26 bits per heavy atom. The molecule has 0 spiro atoms. The Balaban J connectivity index is 1.49. The fourth-order valence-corrected chi connectivity index (χ4v) is 5.56. The van der Waals surface area contributed by atoms with Gasteiger partial charge >= 0.3 is 5.69 Å². The number of fused-ring (bicyclic) bond motifs is 2. The number of pyridine rings is 2. The van der Waals surface area contributed by atoms with Crippen molar-refractivity contribution < 1.29 is 9.47 Å². The molecule has 1 aliphatic heterocycles. The fourth-order valence-electron chi connectivity index (χ4n) is 5.56. The third kappa shape index (κ3) is 3.90. The number of hydrogen-bond acceptors (Lipinski definition) is 5. The van der Waals surface area contributed by atoms with Crippen LogP contribution in [-0.4, -0.2) is 50.0 Å². The molecule has 182 valence electrons. The minimum absolute atomic E-state index is 0.0446. The van der Waals surface area contributed by atoms with Gasteiger partial charge in [0.25, 0.3) is 0 Å². The molecule has 1 fully saturated rings. The smallest absolute Gasteiger partial charge is 0.334 e. The number of nitrogens with zero attached hydrogens (tertiary/aromatic N) is 4. The predicted octanol–water partition coefficient (Wildman–Crippen LogP) is 4.66. The summed E-state index contributed by atoms with van der Waals surface area (Å²) in [6, 6.07) is 4.13. The lowest BCUT2D eigenvalue weighted by molar-refractivity contribution is -0.0638. The van der Waals surface area contributed by atoms with Gasteiger partial charge in [-0.1, -0.05) is 6.08 Å². The van der Waals surface area contributed by atoms with Crippen molar-refractivity contribution in [2.75, 3.05) is 13.7 Å². The summed E-state index contributed by atoms with van der Waals surface area (Å²) in [5, 5.41) is 1.09. The average Bonchev–Trinajstić information content (AvgIpc) is 3.48. The van der Waals surface area contributed by atoms with Crippen molar-refractivity contribution in [2.45, 2.75) is 64.2 Å². The predicted molar refractivity (Wildman–Crippen MR) is 136 cm³/mol. The van der Waals surface area contributed by atoms with Crippen molar-refractivity contribution in [1.29, 1.82) is 0 Å². The molecule has 5 heterocycles. The van der Waals surface area contributed by atoms with E-state index in [1.807, 2.05) is 33.8 Å². The van der Waals surface area contributed by atoms with Crippen LogP contribution >= 0.6 is 0 Å². The Bertz CT molecular complexity index is 1480. The van der Waals surface area contributed by atoms with Crippen LogP contribution in [0.2, 0.25) is 0 Å². The standard InChI is InChI=1S/C27H31N5O3/c1-17-22-8-10-28-25(22)29-15-23(17)18-12-24-26(30-14-18)32(19-6-4-3-5-7-19)27(33)31(24)16-21-13-20(34-2)9-11-35-21/h6,8,10,12,14-15,20-21H,3-5,7,9,11,13,16H2,1-2H3,(H,28,29)/t20-,21+/m1/s1. The summed E-state index contributed by atoms with van der Waals surface area (Å²) in [6.45, 7) is 3.23. The van der Waals surface area contributed by atoms with E-state index in [-0.39, 0.29) is 17.9 Å². The second kappa shape index (κ2) is 9.09. The van der Waals surface area contributed by atoms with Crippen LogP contribution in [0.1, 0.15) is 44.1 Å². The lowest BCUT2D eigenvalue weighted by atomic mass is 10.0. The number of rotatable bonds is 5. The van der Waals surface area contributed by atoms with Crippen molar-refractivity contribution in [3.8, 4) is 11.1 Å². The van der Waals surface area contributed by atoms with E-state index >= 15 is 0 Å². The molecule has 0 amide bonds. The number of hydrogen-bond donors (Lipinski definition) is 1. The second-order valence-corrected chi connectivity index (χ2v) is 9.65. The number of allylic oxidation sites excluding steroid dienone is 2. The molecule has 0 saturated carbocycles. The highest BCUT2D eigenvalue weighted by Crippen LogP contribution is 2.31. The van der Waals surface area contributed by atoms with Crippen LogP contribution in [0.15, 0.2) is 41.6 Å². The van der Waals surface area contributed by atoms with Gasteiger partial charge in [-0.05, 0) is 56.7 Å². The van der Waals surface area contributed by atoms with E-state index in [2.05, 4.69) is 29.0 Å². The molecule has 1 saturated heterocycles. The monoisotopic (exact) mass is 473 g/mol. The maximum atomic E-state index is 13.8. The maximum absolute atomic E-state index is 13.8. The highest BCUT2D eigenvalue weighted by Gasteiger charge is 2.26. The molecule has 0 radical (unpaired) electrons. The molecule has 0 aromatic carbocycles. The molecule has 8 heteroatoms. The zero-order valence-corrected chi connectivity index (χ0v) is 20.3. The molecule has 2 atom stereocenters. The van der Waals surface area contributed by atoms with Gasteiger partial charge in [-0.15, -0.1) is 0 Å². The zero-order valence-electron chi connectivity index (χ0n) is 20.3. The van der Waals surface area contributed by atoms with Crippen LogP contribution in [0.25, 0.3) is 39.0 Å². The number of nitrogens with one attached hydrogen (secondary N) is 1. The molecule has 1 aliphatic carbocycles. The minimum atomic E-state index is -0.0750. The number of methoxy groups -OCH3 is 1. The lowest BCUT2D eigenvalue weighted by Crippen LogP contribution is -2.36. The highest BCUT2D eigenvalue weighted by molar-refractivity contribution is 5.88. The lowest BCUT2D eigenvalue weighted by Gasteiger charge is -2.28. The first-order valence-electron chi connectivity index (χ1n) is 12.5. The molecule has 35 heavy (non-hydrogen) atoms. The van der Waals surface area contributed by atoms with Gasteiger partial charge in [-0.3, -0.25) is 4.57 Å². The summed E-state index contributed by atoms with van der Waals surface area (Å²) < 4.78 is 15.3. The summed E-state index contributed by atoms with van der Waals surface area (Å²) >= 11 is 0. The molecule has 4 aromatic rings. The molecule has 0 bridgehead atoms. The summed E-state index contributed by atoms with van der Waals surface area (Å²) in [6.07, 6.45) is 13.7. The first kappa shape index (κ1) is 22.2. The normalized spacial score (nSPS) is 21.0. The molecular weight excluding hydrogens is 442 g/mol. The van der Waals surface area contributed by atoms with Gasteiger partial charge in [0.15, 0.2) is 5.65 Å². The van der Waals surface area contributed by atoms with E-state index in [1.165, 1.54) is 0 Å². The topological polar surface area (TPSA) is 87.0 Å². The van der Waals surface area contributed by atoms with Gasteiger partial charge in [-0.2, -0.15) is 0 Å². The van der Waals surface area contributed by atoms with Crippen molar-refractivity contribution in [1.82, 2.24) is 24.1 Å². The fraction of sp³-hybridized carbons (Fsp3) is 0.444. The van der Waals surface area contributed by atoms with Crippen LogP contribution in [0, 0.1) is 6.92 Å². The first-order chi connectivity index (χ1) is 17.1. The molecule has 0 unspecified atom stereocenters. The van der Waals surface area contributed by atoms with Crippen LogP contribution in [0.5, 0.6) is 0 Å². The summed E-state index contributed by atoms with van der Waals surface area (Å²) in [5.74, 6) is 0. The molecule has 2 aliphatic rings. The van der Waals surface area contributed by atoms with Crippen LogP contribution in [0.4, 0.5) is 0 Å². The number of imidazole rings is 1. The Kier molecular flexibility index (Phi) is 5.78. The zero-order chi connectivity index (χ0) is 23.9. The molecular formula is C27H31N5O3. The van der Waals surface area contributed by atoms with Crippen LogP contribution < -0.4 is 5.69 Å². The van der Waals surface area contributed by atoms with Crippen molar-refractivity contribution in [3.05, 3.63) is 52.8 Å².